The van der Waals surface area contributed by atoms with Gasteiger partial charge in [0.25, 0.3) is 5.91 Å². The molecular weight excluding hydrogens is 327 g/mol. The third-order valence-electron chi connectivity index (χ3n) is 2.22. The lowest BCUT2D eigenvalue weighted by Crippen LogP contribution is -2.25. The third kappa shape index (κ3) is 5.20. The summed E-state index contributed by atoms with van der Waals surface area (Å²) in [4.78, 5) is 11.5. The molecule has 106 valence electrons. The fourth-order valence-electron chi connectivity index (χ4n) is 1.32. The Kier molecular flexibility index (Phi) is 6.86. The molecule has 0 aliphatic carbocycles. The summed E-state index contributed by atoms with van der Waals surface area (Å²) in [7, 11) is 0. The topological polar surface area (TPSA) is 38.3 Å². The van der Waals surface area contributed by atoms with E-state index in [1.807, 2.05) is 0 Å². The van der Waals surface area contributed by atoms with E-state index >= 15 is 0 Å². The van der Waals surface area contributed by atoms with Crippen LogP contribution in [0.2, 0.25) is 0 Å². The Labute approximate surface area is 117 Å². The molecule has 3 nitrogen and oxygen atoms in total. The lowest BCUT2D eigenvalue weighted by molar-refractivity contribution is 0.0943. The zero-order valence-corrected chi connectivity index (χ0v) is 11.6. The molecular formula is C12H13BrF3NO2. The summed E-state index contributed by atoms with van der Waals surface area (Å²) in [6.07, 6.45) is 0.574. The van der Waals surface area contributed by atoms with Gasteiger partial charge in [0.1, 0.15) is 0 Å². The van der Waals surface area contributed by atoms with Crippen LogP contribution < -0.4 is 5.32 Å². The van der Waals surface area contributed by atoms with E-state index in [0.717, 1.165) is 5.33 Å². The molecule has 0 unspecified atom stereocenters. The van der Waals surface area contributed by atoms with Gasteiger partial charge in [0, 0.05) is 24.0 Å². The van der Waals surface area contributed by atoms with Gasteiger partial charge < -0.3 is 10.1 Å². The largest absolute Gasteiger partial charge is 0.381 e. The van der Waals surface area contributed by atoms with Crippen molar-refractivity contribution in [2.24, 2.45) is 0 Å². The van der Waals surface area contributed by atoms with E-state index in [1.165, 1.54) is 0 Å². The van der Waals surface area contributed by atoms with Crippen molar-refractivity contribution in [1.29, 1.82) is 0 Å². The van der Waals surface area contributed by atoms with Gasteiger partial charge in [-0.15, -0.1) is 0 Å². The first-order valence-electron chi connectivity index (χ1n) is 5.62. The molecule has 0 aliphatic heterocycles. The van der Waals surface area contributed by atoms with Crippen LogP contribution in [0.3, 0.4) is 0 Å². The first kappa shape index (κ1) is 16.0. The highest BCUT2D eigenvalue weighted by atomic mass is 79.9. The standard InChI is InChI=1S/C12H13BrF3NO2/c13-2-5-19-4-1-3-17-12(18)8-6-9(14)11(16)10(15)7-8/h6-7H,1-5H2,(H,17,18). The number of alkyl halides is 1. The molecule has 7 heteroatoms. The van der Waals surface area contributed by atoms with E-state index < -0.39 is 23.4 Å². The molecule has 0 radical (unpaired) electrons. The molecule has 19 heavy (non-hydrogen) atoms. The molecule has 1 amide bonds. The van der Waals surface area contributed by atoms with Gasteiger partial charge in [-0.25, -0.2) is 13.2 Å². The molecule has 1 rings (SSSR count). The van der Waals surface area contributed by atoms with E-state index in [0.29, 0.717) is 38.3 Å². The second-order valence-electron chi connectivity index (χ2n) is 3.66. The minimum absolute atomic E-state index is 0.252. The van der Waals surface area contributed by atoms with E-state index in [9.17, 15) is 18.0 Å². The first-order chi connectivity index (χ1) is 9.06. The van der Waals surface area contributed by atoms with Gasteiger partial charge >= 0.3 is 0 Å². The molecule has 0 aromatic heterocycles. The minimum atomic E-state index is -1.58. The average molecular weight is 340 g/mol. The van der Waals surface area contributed by atoms with Gasteiger partial charge in [-0.2, -0.15) is 0 Å². The molecule has 1 aromatic rings. The Hall–Kier alpha value is -1.08. The summed E-state index contributed by atoms with van der Waals surface area (Å²) in [5, 5.41) is 3.19. The summed E-state index contributed by atoms with van der Waals surface area (Å²) in [5.41, 5.74) is -0.252. The van der Waals surface area contributed by atoms with Gasteiger partial charge in [0.05, 0.1) is 6.61 Å². The Morgan fingerprint density at radius 1 is 1.21 bits per heavy atom. The van der Waals surface area contributed by atoms with Gasteiger partial charge in [0.15, 0.2) is 17.5 Å². The maximum absolute atomic E-state index is 12.9. The van der Waals surface area contributed by atoms with Gasteiger partial charge in [0.2, 0.25) is 0 Å². The van der Waals surface area contributed by atoms with Crippen molar-refractivity contribution in [1.82, 2.24) is 5.32 Å². The summed E-state index contributed by atoms with van der Waals surface area (Å²) in [6.45, 7) is 1.35. The number of rotatable bonds is 7. The highest BCUT2D eigenvalue weighted by Crippen LogP contribution is 2.13. The van der Waals surface area contributed by atoms with E-state index in [1.54, 1.807) is 0 Å². The maximum atomic E-state index is 12.9. The third-order valence-corrected chi connectivity index (χ3v) is 2.54. The normalized spacial score (nSPS) is 10.5. The number of hydrogen-bond acceptors (Lipinski definition) is 2. The number of halogens is 4. The summed E-state index contributed by atoms with van der Waals surface area (Å²) < 4.78 is 43.7. The number of amides is 1. The van der Waals surface area contributed by atoms with Crippen LogP contribution in [-0.4, -0.2) is 31.0 Å². The smallest absolute Gasteiger partial charge is 0.251 e. The van der Waals surface area contributed by atoms with Crippen LogP contribution >= 0.6 is 15.9 Å². The SMILES string of the molecule is O=C(NCCCOCCBr)c1cc(F)c(F)c(F)c1. The summed E-state index contributed by atoms with van der Waals surface area (Å²) >= 11 is 3.20. The van der Waals surface area contributed by atoms with E-state index in [2.05, 4.69) is 21.2 Å². The fraction of sp³-hybridized carbons (Fsp3) is 0.417. The molecule has 1 N–H and O–H groups in total. The minimum Gasteiger partial charge on any atom is -0.381 e. The zero-order chi connectivity index (χ0) is 14.3. The summed E-state index contributed by atoms with van der Waals surface area (Å²) in [5.74, 6) is -5.00. The number of carbonyl (C=O) groups is 1. The molecule has 1 aromatic carbocycles. The number of carbonyl (C=O) groups excluding carboxylic acids is 1. The van der Waals surface area contributed by atoms with E-state index in [-0.39, 0.29) is 5.56 Å². The maximum Gasteiger partial charge on any atom is 0.251 e. The van der Waals surface area contributed by atoms with Crippen molar-refractivity contribution in [3.8, 4) is 0 Å². The first-order valence-corrected chi connectivity index (χ1v) is 6.75. The molecule has 0 bridgehead atoms. The summed E-state index contributed by atoms with van der Waals surface area (Å²) in [6, 6.07) is 1.32. The number of ether oxygens (including phenoxy) is 1. The molecule has 0 saturated heterocycles. The van der Waals surface area contributed by atoms with E-state index in [4.69, 9.17) is 4.74 Å². The molecule has 0 heterocycles. The van der Waals surface area contributed by atoms with Crippen LogP contribution in [0.4, 0.5) is 13.2 Å². The Morgan fingerprint density at radius 3 is 2.42 bits per heavy atom. The van der Waals surface area contributed by atoms with Crippen LogP contribution in [0.25, 0.3) is 0 Å². The Morgan fingerprint density at radius 2 is 1.84 bits per heavy atom. The highest BCUT2D eigenvalue weighted by molar-refractivity contribution is 9.09. The van der Waals surface area contributed by atoms with Crippen LogP contribution in [0.15, 0.2) is 12.1 Å². The lowest BCUT2D eigenvalue weighted by Gasteiger charge is -2.06. The number of benzene rings is 1. The number of hydrogen-bond donors (Lipinski definition) is 1. The van der Waals surface area contributed by atoms with Crippen LogP contribution in [0, 0.1) is 17.5 Å². The van der Waals surface area contributed by atoms with Crippen molar-refractivity contribution in [2.45, 2.75) is 6.42 Å². The Balaban J connectivity index is 2.42. The van der Waals surface area contributed by atoms with Crippen molar-refractivity contribution in [3.63, 3.8) is 0 Å². The van der Waals surface area contributed by atoms with Crippen molar-refractivity contribution in [3.05, 3.63) is 35.1 Å². The molecule has 0 saturated carbocycles. The predicted molar refractivity (Wildman–Crippen MR) is 67.9 cm³/mol. The van der Waals surface area contributed by atoms with Crippen molar-refractivity contribution >= 4 is 21.8 Å². The molecule has 0 atom stereocenters. The second kappa shape index (κ2) is 8.16. The molecule has 0 fully saturated rings. The van der Waals surface area contributed by atoms with Crippen LogP contribution in [0.5, 0.6) is 0 Å². The quantitative estimate of drug-likeness (QED) is 0.471. The van der Waals surface area contributed by atoms with Crippen LogP contribution in [0.1, 0.15) is 16.8 Å². The predicted octanol–water partition coefficient (Wildman–Crippen LogP) is 2.64. The monoisotopic (exact) mass is 339 g/mol. The van der Waals surface area contributed by atoms with Crippen LogP contribution in [-0.2, 0) is 4.74 Å². The lowest BCUT2D eigenvalue weighted by atomic mass is 10.2. The molecule has 0 aliphatic rings. The number of nitrogens with one attached hydrogen (secondary N) is 1. The van der Waals surface area contributed by atoms with Gasteiger partial charge in [-0.05, 0) is 18.6 Å². The van der Waals surface area contributed by atoms with Gasteiger partial charge in [-0.1, -0.05) is 15.9 Å². The second-order valence-corrected chi connectivity index (χ2v) is 4.46. The van der Waals surface area contributed by atoms with Gasteiger partial charge in [-0.3, -0.25) is 4.79 Å². The average Bonchev–Trinajstić information content (AvgIpc) is 2.39. The zero-order valence-electron chi connectivity index (χ0n) is 10.0. The Bertz CT molecular complexity index is 420. The highest BCUT2D eigenvalue weighted by Gasteiger charge is 2.14. The fourth-order valence-corrected chi connectivity index (χ4v) is 1.55. The van der Waals surface area contributed by atoms with Crippen molar-refractivity contribution in [2.75, 3.05) is 25.1 Å². The molecule has 0 spiro atoms. The van der Waals surface area contributed by atoms with Crippen molar-refractivity contribution < 1.29 is 22.7 Å².